The Bertz CT molecular complexity index is 787. The Hall–Kier alpha value is -2.52. The number of ether oxygens (including phenoxy) is 2. The molecule has 29 heavy (non-hydrogen) atoms. The Morgan fingerprint density at radius 2 is 1.69 bits per heavy atom. The third-order valence-electron chi connectivity index (χ3n) is 4.95. The molecular weight excluding hydrogens is 385 g/mol. The van der Waals surface area contributed by atoms with Crippen LogP contribution in [0.2, 0.25) is 0 Å². The number of hydrogen-bond acceptors (Lipinski definition) is 6. The van der Waals surface area contributed by atoms with E-state index in [-0.39, 0.29) is 11.9 Å². The summed E-state index contributed by atoms with van der Waals surface area (Å²) in [7, 11) is 0. The molecule has 156 valence electrons. The van der Waals surface area contributed by atoms with Crippen LogP contribution in [0.15, 0.2) is 42.6 Å². The van der Waals surface area contributed by atoms with E-state index in [9.17, 15) is 13.2 Å². The Morgan fingerprint density at radius 1 is 1.00 bits per heavy atom. The van der Waals surface area contributed by atoms with Crippen LogP contribution in [-0.4, -0.2) is 61.6 Å². The molecule has 2 aliphatic rings. The van der Waals surface area contributed by atoms with Crippen LogP contribution in [0.5, 0.6) is 11.5 Å². The van der Waals surface area contributed by atoms with E-state index in [0.717, 1.165) is 56.4 Å². The number of alkyl halides is 3. The fraction of sp³-hybridized carbons (Fsp3) is 0.450. The van der Waals surface area contributed by atoms with Gasteiger partial charge in [0.05, 0.1) is 6.20 Å². The summed E-state index contributed by atoms with van der Waals surface area (Å²) in [6.07, 6.45) is -2.81. The molecule has 1 aromatic heterocycles. The average Bonchev–Trinajstić information content (AvgIpc) is 2.68. The van der Waals surface area contributed by atoms with Gasteiger partial charge in [-0.3, -0.25) is 4.90 Å². The zero-order valence-corrected chi connectivity index (χ0v) is 15.9. The molecule has 2 saturated heterocycles. The van der Waals surface area contributed by atoms with Crippen LogP contribution in [0.25, 0.3) is 0 Å². The first kappa shape index (κ1) is 19.8. The number of aromatic nitrogens is 1. The van der Waals surface area contributed by atoms with Crippen molar-refractivity contribution in [2.75, 3.05) is 44.2 Å². The van der Waals surface area contributed by atoms with Gasteiger partial charge in [0.2, 0.25) is 0 Å². The van der Waals surface area contributed by atoms with Gasteiger partial charge in [-0.25, -0.2) is 4.98 Å². The summed E-state index contributed by atoms with van der Waals surface area (Å²) in [5.41, 5.74) is 0.931. The summed E-state index contributed by atoms with van der Waals surface area (Å²) in [4.78, 5) is 8.92. The second-order valence-electron chi connectivity index (χ2n) is 7.21. The molecule has 1 N–H and O–H groups in total. The third-order valence-corrected chi connectivity index (χ3v) is 4.95. The zero-order chi connectivity index (χ0) is 20.3. The van der Waals surface area contributed by atoms with Gasteiger partial charge in [-0.2, -0.15) is 0 Å². The number of pyridine rings is 1. The first-order valence-electron chi connectivity index (χ1n) is 9.60. The van der Waals surface area contributed by atoms with Crippen LogP contribution in [0, 0.1) is 0 Å². The predicted octanol–water partition coefficient (Wildman–Crippen LogP) is 2.65. The number of anilines is 1. The summed E-state index contributed by atoms with van der Waals surface area (Å²) < 4.78 is 46.4. The maximum absolute atomic E-state index is 12.2. The van der Waals surface area contributed by atoms with Crippen molar-refractivity contribution >= 4 is 5.82 Å². The molecule has 0 bridgehead atoms. The van der Waals surface area contributed by atoms with Gasteiger partial charge in [0, 0.05) is 45.8 Å². The molecule has 6 nitrogen and oxygen atoms in total. The highest BCUT2D eigenvalue weighted by molar-refractivity contribution is 5.41. The monoisotopic (exact) mass is 408 g/mol. The van der Waals surface area contributed by atoms with Gasteiger partial charge in [0.25, 0.3) is 0 Å². The normalized spacial score (nSPS) is 18.4. The Kier molecular flexibility index (Phi) is 5.77. The van der Waals surface area contributed by atoms with E-state index in [1.807, 2.05) is 12.1 Å². The number of nitrogens with zero attached hydrogens (tertiary/aromatic N) is 3. The Labute approximate surface area is 167 Å². The molecule has 0 aliphatic carbocycles. The lowest BCUT2D eigenvalue weighted by molar-refractivity contribution is -0.274. The average molecular weight is 408 g/mol. The van der Waals surface area contributed by atoms with E-state index in [4.69, 9.17) is 4.74 Å². The van der Waals surface area contributed by atoms with E-state index < -0.39 is 6.36 Å². The van der Waals surface area contributed by atoms with Crippen LogP contribution in [-0.2, 0) is 6.54 Å². The second kappa shape index (κ2) is 8.46. The smallest absolute Gasteiger partial charge is 0.486 e. The Balaban J connectivity index is 1.21. The largest absolute Gasteiger partial charge is 0.573 e. The predicted molar refractivity (Wildman–Crippen MR) is 102 cm³/mol. The molecule has 2 aromatic rings. The number of hydrogen-bond donors (Lipinski definition) is 1. The van der Waals surface area contributed by atoms with Gasteiger partial charge in [-0.15, -0.1) is 13.2 Å². The summed E-state index contributed by atoms with van der Waals surface area (Å²) >= 11 is 0. The number of halogens is 3. The number of nitrogens with one attached hydrogen (secondary N) is 1. The van der Waals surface area contributed by atoms with Crippen molar-refractivity contribution in [3.05, 3.63) is 48.2 Å². The third kappa shape index (κ3) is 5.51. The molecule has 0 atom stereocenters. The zero-order valence-electron chi connectivity index (χ0n) is 15.9. The summed E-state index contributed by atoms with van der Waals surface area (Å²) in [6, 6.07) is 9.90. The van der Waals surface area contributed by atoms with Crippen LogP contribution < -0.4 is 19.7 Å². The molecule has 0 radical (unpaired) electrons. The highest BCUT2D eigenvalue weighted by Gasteiger charge is 2.31. The molecule has 1 aromatic carbocycles. The van der Waals surface area contributed by atoms with Crippen molar-refractivity contribution < 1.29 is 22.6 Å². The summed E-state index contributed by atoms with van der Waals surface area (Å²) in [5.74, 6) is 1.51. The van der Waals surface area contributed by atoms with Crippen LogP contribution in [0.1, 0.15) is 5.56 Å². The second-order valence-corrected chi connectivity index (χ2v) is 7.21. The molecule has 0 saturated carbocycles. The van der Waals surface area contributed by atoms with Gasteiger partial charge in [-0.1, -0.05) is 12.1 Å². The first-order valence-corrected chi connectivity index (χ1v) is 9.60. The maximum atomic E-state index is 12.2. The molecule has 0 spiro atoms. The topological polar surface area (TPSA) is 49.9 Å². The lowest BCUT2D eigenvalue weighted by Gasteiger charge is -2.39. The van der Waals surface area contributed by atoms with E-state index in [0.29, 0.717) is 6.54 Å². The molecule has 2 fully saturated rings. The molecule has 0 unspecified atom stereocenters. The van der Waals surface area contributed by atoms with E-state index >= 15 is 0 Å². The number of rotatable bonds is 6. The summed E-state index contributed by atoms with van der Waals surface area (Å²) in [6.45, 7) is 6.03. The van der Waals surface area contributed by atoms with Crippen molar-refractivity contribution in [1.29, 1.82) is 0 Å². The minimum absolute atomic E-state index is 0.0923. The number of piperazine rings is 1. The fourth-order valence-corrected chi connectivity index (χ4v) is 3.50. The standard InChI is InChI=1S/C20H23F3N4O2/c21-20(22,23)29-16-3-1-15(2-4-16)12-26-13-18(14-26)28-17-5-6-19(25-11-17)27-9-7-24-8-10-27/h1-6,11,18,24H,7-10,12-14H2. The Morgan fingerprint density at radius 3 is 2.31 bits per heavy atom. The molecular formula is C20H23F3N4O2. The summed E-state index contributed by atoms with van der Waals surface area (Å²) in [5, 5.41) is 3.32. The van der Waals surface area contributed by atoms with Gasteiger partial charge in [-0.05, 0) is 29.8 Å². The lowest BCUT2D eigenvalue weighted by atomic mass is 10.1. The van der Waals surface area contributed by atoms with Gasteiger partial charge in [0.15, 0.2) is 0 Å². The number of likely N-dealkylation sites (tertiary alicyclic amines) is 1. The van der Waals surface area contributed by atoms with Crippen molar-refractivity contribution in [3.8, 4) is 11.5 Å². The quantitative estimate of drug-likeness (QED) is 0.793. The van der Waals surface area contributed by atoms with Crippen molar-refractivity contribution in [1.82, 2.24) is 15.2 Å². The van der Waals surface area contributed by atoms with E-state index in [2.05, 4.69) is 24.8 Å². The van der Waals surface area contributed by atoms with E-state index in [1.54, 1.807) is 18.3 Å². The molecule has 9 heteroatoms. The minimum Gasteiger partial charge on any atom is -0.486 e. The van der Waals surface area contributed by atoms with Crippen molar-refractivity contribution in [2.45, 2.75) is 19.0 Å². The number of benzene rings is 1. The highest BCUT2D eigenvalue weighted by Crippen LogP contribution is 2.25. The van der Waals surface area contributed by atoms with Crippen LogP contribution >= 0.6 is 0 Å². The van der Waals surface area contributed by atoms with Gasteiger partial charge >= 0.3 is 6.36 Å². The fourth-order valence-electron chi connectivity index (χ4n) is 3.50. The van der Waals surface area contributed by atoms with Crippen molar-refractivity contribution in [3.63, 3.8) is 0 Å². The SMILES string of the molecule is FC(F)(F)Oc1ccc(CN2CC(Oc3ccc(N4CCNCC4)nc3)C2)cc1. The highest BCUT2D eigenvalue weighted by atomic mass is 19.4. The van der Waals surface area contributed by atoms with Crippen LogP contribution in [0.3, 0.4) is 0 Å². The molecule has 2 aliphatic heterocycles. The maximum Gasteiger partial charge on any atom is 0.573 e. The van der Waals surface area contributed by atoms with Crippen LogP contribution in [0.4, 0.5) is 19.0 Å². The molecule has 4 rings (SSSR count). The first-order chi connectivity index (χ1) is 13.9. The lowest BCUT2D eigenvalue weighted by Crippen LogP contribution is -2.53. The van der Waals surface area contributed by atoms with Gasteiger partial charge in [0.1, 0.15) is 23.4 Å². The van der Waals surface area contributed by atoms with Gasteiger partial charge < -0.3 is 19.7 Å². The van der Waals surface area contributed by atoms with E-state index in [1.165, 1.54) is 12.1 Å². The molecule has 3 heterocycles. The minimum atomic E-state index is -4.67. The molecule has 0 amide bonds. The van der Waals surface area contributed by atoms with Crippen molar-refractivity contribution in [2.24, 2.45) is 0 Å².